The minimum atomic E-state index is 0.332. The molecule has 0 amide bonds. The number of imidazole rings is 1. The maximum Gasteiger partial charge on any atom is 0.123 e. The molecule has 4 nitrogen and oxygen atoms in total. The molecule has 0 spiro atoms. The van der Waals surface area contributed by atoms with E-state index in [0.717, 1.165) is 18.8 Å². The number of hydrogen-bond acceptors (Lipinski definition) is 3. The molecule has 100 valence electrons. The fourth-order valence-corrected chi connectivity index (χ4v) is 3.24. The number of aromatic amines is 1. The summed E-state index contributed by atoms with van der Waals surface area (Å²) in [5, 5.41) is 3.47. The van der Waals surface area contributed by atoms with Crippen molar-refractivity contribution in [2.45, 2.75) is 56.6 Å². The zero-order valence-corrected chi connectivity index (χ0v) is 11.1. The maximum absolute atomic E-state index is 5.38. The fourth-order valence-electron chi connectivity index (χ4n) is 3.24. The molecule has 18 heavy (non-hydrogen) atoms. The minimum absolute atomic E-state index is 0.332. The second kappa shape index (κ2) is 5.41. The molecule has 1 saturated heterocycles. The quantitative estimate of drug-likeness (QED) is 0.865. The van der Waals surface area contributed by atoms with E-state index in [4.69, 9.17) is 4.74 Å². The first kappa shape index (κ1) is 12.2. The third kappa shape index (κ3) is 2.45. The van der Waals surface area contributed by atoms with Gasteiger partial charge in [-0.05, 0) is 19.3 Å². The third-order valence-electron chi connectivity index (χ3n) is 4.41. The highest BCUT2D eigenvalue weighted by molar-refractivity contribution is 5.12. The lowest BCUT2D eigenvalue weighted by atomic mass is 9.87. The van der Waals surface area contributed by atoms with Crippen molar-refractivity contribution in [2.75, 3.05) is 13.7 Å². The standard InChI is InChI=1S/C14H23N3O/c1-18-11-7-12(15-8-11)14-16-9-13(17-14)10-5-3-2-4-6-10/h9-12,15H,2-8H2,1H3,(H,16,17). The van der Waals surface area contributed by atoms with E-state index in [1.54, 1.807) is 7.11 Å². The molecule has 0 bridgehead atoms. The van der Waals surface area contributed by atoms with Gasteiger partial charge < -0.3 is 15.0 Å². The molecule has 1 aliphatic heterocycles. The van der Waals surface area contributed by atoms with Crippen molar-refractivity contribution < 1.29 is 4.74 Å². The Morgan fingerprint density at radius 1 is 1.28 bits per heavy atom. The lowest BCUT2D eigenvalue weighted by Crippen LogP contribution is -2.16. The van der Waals surface area contributed by atoms with E-state index in [-0.39, 0.29) is 0 Å². The number of aromatic nitrogens is 2. The van der Waals surface area contributed by atoms with Gasteiger partial charge in [0.1, 0.15) is 5.82 Å². The van der Waals surface area contributed by atoms with Gasteiger partial charge in [-0.2, -0.15) is 0 Å². The maximum atomic E-state index is 5.38. The number of nitrogens with one attached hydrogen (secondary N) is 2. The first-order chi connectivity index (χ1) is 8.86. The van der Waals surface area contributed by atoms with Crippen molar-refractivity contribution in [3.63, 3.8) is 0 Å². The smallest absolute Gasteiger partial charge is 0.123 e. The van der Waals surface area contributed by atoms with Crippen molar-refractivity contribution >= 4 is 0 Å². The van der Waals surface area contributed by atoms with Crippen LogP contribution in [0, 0.1) is 0 Å². The SMILES string of the molecule is COC1CNC(c2ncc(C3CCCCC3)[nH]2)C1. The van der Waals surface area contributed by atoms with Gasteiger partial charge in [0.15, 0.2) is 0 Å². The summed E-state index contributed by atoms with van der Waals surface area (Å²) in [5.74, 6) is 1.80. The number of rotatable bonds is 3. The molecule has 1 aromatic heterocycles. The van der Waals surface area contributed by atoms with Crippen LogP contribution in [0.25, 0.3) is 0 Å². The molecule has 2 aliphatic rings. The van der Waals surface area contributed by atoms with Gasteiger partial charge in [-0.15, -0.1) is 0 Å². The molecule has 2 N–H and O–H groups in total. The van der Waals surface area contributed by atoms with Gasteiger partial charge in [0, 0.05) is 31.5 Å². The molecule has 2 heterocycles. The molecule has 3 rings (SSSR count). The van der Waals surface area contributed by atoms with Crippen LogP contribution >= 0.6 is 0 Å². The van der Waals surface area contributed by atoms with E-state index in [0.29, 0.717) is 18.1 Å². The van der Waals surface area contributed by atoms with Gasteiger partial charge in [0.05, 0.1) is 12.1 Å². The van der Waals surface area contributed by atoms with Crippen LogP contribution in [-0.4, -0.2) is 29.7 Å². The summed E-state index contributed by atoms with van der Waals surface area (Å²) in [6.07, 6.45) is 10.2. The van der Waals surface area contributed by atoms with Crippen LogP contribution in [0.15, 0.2) is 6.20 Å². The summed E-state index contributed by atoms with van der Waals surface area (Å²) in [6.45, 7) is 0.931. The summed E-state index contributed by atoms with van der Waals surface area (Å²) in [7, 11) is 1.78. The Balaban J connectivity index is 1.66. The van der Waals surface area contributed by atoms with Crippen LogP contribution in [0.2, 0.25) is 0 Å². The van der Waals surface area contributed by atoms with Crippen LogP contribution in [0.5, 0.6) is 0 Å². The Morgan fingerprint density at radius 2 is 2.11 bits per heavy atom. The minimum Gasteiger partial charge on any atom is -0.380 e. The highest BCUT2D eigenvalue weighted by Gasteiger charge is 2.27. The Bertz CT molecular complexity index is 384. The number of nitrogens with zero attached hydrogens (tertiary/aromatic N) is 1. The molecule has 1 aromatic rings. The summed E-state index contributed by atoms with van der Waals surface area (Å²) >= 11 is 0. The molecule has 2 fully saturated rings. The summed E-state index contributed by atoms with van der Waals surface area (Å²) < 4.78 is 5.38. The van der Waals surface area contributed by atoms with E-state index in [1.807, 2.05) is 6.20 Å². The lowest BCUT2D eigenvalue weighted by Gasteiger charge is -2.20. The van der Waals surface area contributed by atoms with Crippen molar-refractivity contribution in [1.29, 1.82) is 0 Å². The molecule has 4 heteroatoms. The first-order valence-corrected chi connectivity index (χ1v) is 7.18. The van der Waals surface area contributed by atoms with E-state index in [9.17, 15) is 0 Å². The molecule has 2 atom stereocenters. The monoisotopic (exact) mass is 249 g/mol. The van der Waals surface area contributed by atoms with E-state index in [2.05, 4.69) is 15.3 Å². The Hall–Kier alpha value is -0.870. The van der Waals surface area contributed by atoms with Gasteiger partial charge in [-0.1, -0.05) is 19.3 Å². The number of H-pyrrole nitrogens is 1. The molecule has 1 saturated carbocycles. The molecule has 1 aliphatic carbocycles. The highest BCUT2D eigenvalue weighted by Crippen LogP contribution is 2.32. The Morgan fingerprint density at radius 3 is 2.83 bits per heavy atom. The predicted molar refractivity (Wildman–Crippen MR) is 70.6 cm³/mol. The Labute approximate surface area is 109 Å². The lowest BCUT2D eigenvalue weighted by molar-refractivity contribution is 0.117. The van der Waals surface area contributed by atoms with E-state index >= 15 is 0 Å². The van der Waals surface area contributed by atoms with Gasteiger partial charge in [0.2, 0.25) is 0 Å². The highest BCUT2D eigenvalue weighted by atomic mass is 16.5. The van der Waals surface area contributed by atoms with E-state index < -0.39 is 0 Å². The van der Waals surface area contributed by atoms with Crippen LogP contribution in [0.1, 0.15) is 62.0 Å². The predicted octanol–water partition coefficient (Wildman–Crippen LogP) is 2.51. The number of ether oxygens (including phenoxy) is 1. The van der Waals surface area contributed by atoms with Crippen LogP contribution in [0.3, 0.4) is 0 Å². The van der Waals surface area contributed by atoms with Crippen molar-refractivity contribution in [3.05, 3.63) is 17.7 Å². The van der Waals surface area contributed by atoms with E-state index in [1.165, 1.54) is 37.8 Å². The second-order valence-electron chi connectivity index (χ2n) is 5.61. The zero-order chi connectivity index (χ0) is 12.4. The summed E-state index contributed by atoms with van der Waals surface area (Å²) in [6, 6.07) is 0.340. The normalized spacial score (nSPS) is 29.8. The van der Waals surface area contributed by atoms with Gasteiger partial charge in [-0.3, -0.25) is 0 Å². The summed E-state index contributed by atoms with van der Waals surface area (Å²) in [4.78, 5) is 8.11. The van der Waals surface area contributed by atoms with Crippen LogP contribution < -0.4 is 5.32 Å². The molecular formula is C14H23N3O. The average molecular weight is 249 g/mol. The number of hydrogen-bond donors (Lipinski definition) is 2. The van der Waals surface area contributed by atoms with Crippen molar-refractivity contribution in [2.24, 2.45) is 0 Å². The van der Waals surface area contributed by atoms with Gasteiger partial charge in [-0.25, -0.2) is 4.98 Å². The zero-order valence-electron chi connectivity index (χ0n) is 11.1. The Kier molecular flexibility index (Phi) is 3.66. The second-order valence-corrected chi connectivity index (χ2v) is 5.61. The van der Waals surface area contributed by atoms with Crippen molar-refractivity contribution in [1.82, 2.24) is 15.3 Å². The third-order valence-corrected chi connectivity index (χ3v) is 4.41. The van der Waals surface area contributed by atoms with Gasteiger partial charge >= 0.3 is 0 Å². The topological polar surface area (TPSA) is 49.9 Å². The summed E-state index contributed by atoms with van der Waals surface area (Å²) in [5.41, 5.74) is 1.34. The molecule has 0 aromatic carbocycles. The first-order valence-electron chi connectivity index (χ1n) is 7.18. The fraction of sp³-hybridized carbons (Fsp3) is 0.786. The number of methoxy groups -OCH3 is 1. The van der Waals surface area contributed by atoms with Crippen molar-refractivity contribution in [3.8, 4) is 0 Å². The van der Waals surface area contributed by atoms with Crippen LogP contribution in [0.4, 0.5) is 0 Å². The average Bonchev–Trinajstić information content (AvgIpc) is 3.08. The van der Waals surface area contributed by atoms with Gasteiger partial charge in [0.25, 0.3) is 0 Å². The molecular weight excluding hydrogens is 226 g/mol. The molecule has 0 radical (unpaired) electrons. The molecule has 2 unspecified atom stereocenters. The largest absolute Gasteiger partial charge is 0.380 e. The van der Waals surface area contributed by atoms with Crippen LogP contribution in [-0.2, 0) is 4.74 Å².